The first-order valence-corrected chi connectivity index (χ1v) is 19.5. The fraction of sp³-hybridized carbons (Fsp3) is 0.200. The molecule has 0 N–H and O–H groups in total. The van der Waals surface area contributed by atoms with Crippen LogP contribution >= 0.6 is 11.6 Å². The number of rotatable bonds is 5. The summed E-state index contributed by atoms with van der Waals surface area (Å²) < 4.78 is 0. The second kappa shape index (κ2) is 11.7. The van der Waals surface area contributed by atoms with E-state index in [4.69, 9.17) is 11.6 Å². The summed E-state index contributed by atoms with van der Waals surface area (Å²) in [7, 11) is 0. The molecule has 0 unspecified atom stereocenters. The van der Waals surface area contributed by atoms with Gasteiger partial charge in [0, 0.05) is 16.8 Å². The van der Waals surface area contributed by atoms with Crippen LogP contribution in [0, 0.1) is 23.7 Å². The molecule has 0 saturated heterocycles. The van der Waals surface area contributed by atoms with Crippen LogP contribution in [0.4, 0.5) is 17.1 Å². The number of fused-ring (bicyclic) bond motifs is 4. The molecular formula is C50H40ClN. The van der Waals surface area contributed by atoms with E-state index in [0.29, 0.717) is 11.8 Å². The number of halogens is 1. The van der Waals surface area contributed by atoms with Crippen LogP contribution in [0.2, 0.25) is 5.02 Å². The molecule has 4 saturated carbocycles. The Balaban J connectivity index is 1.08. The van der Waals surface area contributed by atoms with E-state index in [1.165, 1.54) is 81.8 Å². The van der Waals surface area contributed by atoms with Crippen LogP contribution in [0.5, 0.6) is 0 Å². The molecule has 2 heteroatoms. The van der Waals surface area contributed by atoms with Gasteiger partial charge in [0.15, 0.2) is 0 Å². The molecular weight excluding hydrogens is 650 g/mol. The predicted molar refractivity (Wildman–Crippen MR) is 218 cm³/mol. The SMILES string of the molecule is Clc1cc2c(cc1N(c1ccc(-c3ccccc3)cc1)c1ccc(-c3cccc4ccccc34)cc1)C1(c3ccccc3-2)C2CC3CC(C2)CC1C3. The number of nitrogens with zero attached hydrogens (tertiary/aromatic N) is 1. The third-order valence-electron chi connectivity index (χ3n) is 13.3. The zero-order chi connectivity index (χ0) is 34.4. The van der Waals surface area contributed by atoms with Crippen LogP contribution in [-0.4, -0.2) is 0 Å². The van der Waals surface area contributed by atoms with Gasteiger partial charge < -0.3 is 4.90 Å². The molecule has 5 aliphatic carbocycles. The zero-order valence-corrected chi connectivity index (χ0v) is 29.9. The molecule has 0 aromatic heterocycles. The van der Waals surface area contributed by atoms with Crippen molar-refractivity contribution in [2.24, 2.45) is 23.7 Å². The van der Waals surface area contributed by atoms with E-state index in [-0.39, 0.29) is 5.41 Å². The molecule has 7 aromatic carbocycles. The second-order valence-electron chi connectivity index (χ2n) is 15.9. The smallest absolute Gasteiger partial charge is 0.0653 e. The van der Waals surface area contributed by atoms with Gasteiger partial charge in [-0.1, -0.05) is 133 Å². The highest BCUT2D eigenvalue weighted by atomic mass is 35.5. The number of benzene rings is 7. The molecule has 1 nitrogen and oxygen atoms in total. The van der Waals surface area contributed by atoms with Gasteiger partial charge in [0.2, 0.25) is 0 Å². The normalized spacial score (nSPS) is 23.6. The minimum atomic E-state index is 0.0692. The van der Waals surface area contributed by atoms with E-state index in [1.54, 1.807) is 5.56 Å². The average Bonchev–Trinajstić information content (AvgIpc) is 3.47. The molecule has 0 atom stereocenters. The standard InChI is InChI=1S/C50H40ClN/c51-48-30-45-44-14-6-7-16-46(44)50(38-26-32-25-33(28-38)29-39(50)27-32)47(45)31-49(48)52(40-21-17-35(18-22-40)34-9-2-1-3-10-34)41-23-19-37(20-24-41)43-15-8-12-36-11-4-5-13-42(36)43/h1-24,30-33,38-39H,25-29H2. The van der Waals surface area contributed by atoms with Gasteiger partial charge in [-0.05, 0) is 147 Å². The van der Waals surface area contributed by atoms with E-state index < -0.39 is 0 Å². The first kappa shape index (κ1) is 30.5. The molecule has 0 heterocycles. The van der Waals surface area contributed by atoms with Gasteiger partial charge in [0.05, 0.1) is 10.7 Å². The van der Waals surface area contributed by atoms with Crippen molar-refractivity contribution >= 4 is 39.4 Å². The lowest BCUT2D eigenvalue weighted by molar-refractivity contribution is -0.0399. The molecule has 52 heavy (non-hydrogen) atoms. The van der Waals surface area contributed by atoms with E-state index in [9.17, 15) is 0 Å². The number of hydrogen-bond donors (Lipinski definition) is 0. The highest BCUT2D eigenvalue weighted by Crippen LogP contribution is 2.70. The summed E-state index contributed by atoms with van der Waals surface area (Å²) in [5.41, 5.74) is 14.1. The van der Waals surface area contributed by atoms with E-state index in [1.807, 2.05) is 0 Å². The summed E-state index contributed by atoms with van der Waals surface area (Å²) in [4.78, 5) is 2.40. The van der Waals surface area contributed by atoms with Crippen molar-refractivity contribution in [1.29, 1.82) is 0 Å². The molecule has 1 spiro atoms. The van der Waals surface area contributed by atoms with Crippen LogP contribution < -0.4 is 4.90 Å². The van der Waals surface area contributed by atoms with Crippen LogP contribution in [-0.2, 0) is 5.41 Å². The summed E-state index contributed by atoms with van der Waals surface area (Å²) in [6, 6.07) is 58.2. The van der Waals surface area contributed by atoms with Gasteiger partial charge in [-0.3, -0.25) is 0 Å². The van der Waals surface area contributed by atoms with Gasteiger partial charge in [0.1, 0.15) is 0 Å². The Morgan fingerprint density at radius 1 is 0.462 bits per heavy atom. The van der Waals surface area contributed by atoms with Crippen molar-refractivity contribution in [3.63, 3.8) is 0 Å². The Morgan fingerprint density at radius 2 is 1.04 bits per heavy atom. The molecule has 4 bridgehead atoms. The molecule has 12 rings (SSSR count). The fourth-order valence-corrected chi connectivity index (χ4v) is 11.7. The molecule has 4 fully saturated rings. The van der Waals surface area contributed by atoms with E-state index in [0.717, 1.165) is 33.9 Å². The Kier molecular flexibility index (Phi) is 6.87. The lowest BCUT2D eigenvalue weighted by atomic mass is 9.43. The van der Waals surface area contributed by atoms with E-state index in [2.05, 4.69) is 163 Å². The third kappa shape index (κ3) is 4.48. The van der Waals surface area contributed by atoms with Gasteiger partial charge in [-0.25, -0.2) is 0 Å². The molecule has 252 valence electrons. The van der Waals surface area contributed by atoms with Crippen LogP contribution in [0.25, 0.3) is 44.2 Å². The quantitative estimate of drug-likeness (QED) is 0.174. The summed E-state index contributed by atoms with van der Waals surface area (Å²) in [5.74, 6) is 3.18. The summed E-state index contributed by atoms with van der Waals surface area (Å²) in [6.45, 7) is 0. The van der Waals surface area contributed by atoms with E-state index >= 15 is 0 Å². The maximum Gasteiger partial charge on any atom is 0.0653 e. The van der Waals surface area contributed by atoms with Crippen LogP contribution in [0.3, 0.4) is 0 Å². The lowest BCUT2D eigenvalue weighted by Gasteiger charge is -2.61. The maximum absolute atomic E-state index is 7.53. The topological polar surface area (TPSA) is 3.24 Å². The zero-order valence-electron chi connectivity index (χ0n) is 29.2. The minimum Gasteiger partial charge on any atom is -0.309 e. The lowest BCUT2D eigenvalue weighted by Crippen LogP contribution is -2.55. The highest BCUT2D eigenvalue weighted by molar-refractivity contribution is 6.34. The molecule has 0 aliphatic heterocycles. The van der Waals surface area contributed by atoms with Gasteiger partial charge >= 0.3 is 0 Å². The number of anilines is 3. The first-order chi connectivity index (χ1) is 25.6. The number of hydrogen-bond acceptors (Lipinski definition) is 1. The summed E-state index contributed by atoms with van der Waals surface area (Å²) >= 11 is 7.53. The van der Waals surface area contributed by atoms with Gasteiger partial charge in [0.25, 0.3) is 0 Å². The minimum absolute atomic E-state index is 0.0692. The first-order valence-electron chi connectivity index (χ1n) is 19.1. The summed E-state index contributed by atoms with van der Waals surface area (Å²) in [6.07, 6.45) is 6.89. The van der Waals surface area contributed by atoms with Gasteiger partial charge in [-0.15, -0.1) is 0 Å². The largest absolute Gasteiger partial charge is 0.309 e. The van der Waals surface area contributed by atoms with Crippen molar-refractivity contribution in [1.82, 2.24) is 0 Å². The maximum atomic E-state index is 7.53. The second-order valence-corrected chi connectivity index (χ2v) is 16.3. The molecule has 0 radical (unpaired) electrons. The molecule has 5 aliphatic rings. The van der Waals surface area contributed by atoms with Crippen molar-refractivity contribution in [2.45, 2.75) is 37.5 Å². The Hall–Kier alpha value is -5.11. The summed E-state index contributed by atoms with van der Waals surface area (Å²) in [5, 5.41) is 3.32. The Bertz CT molecular complexity index is 2450. The van der Waals surface area contributed by atoms with Crippen LogP contribution in [0.15, 0.2) is 158 Å². The van der Waals surface area contributed by atoms with Crippen LogP contribution in [0.1, 0.15) is 43.2 Å². The third-order valence-corrected chi connectivity index (χ3v) is 13.6. The van der Waals surface area contributed by atoms with Crippen molar-refractivity contribution in [3.8, 4) is 33.4 Å². The van der Waals surface area contributed by atoms with Crippen molar-refractivity contribution in [2.75, 3.05) is 4.90 Å². The average molecular weight is 690 g/mol. The predicted octanol–water partition coefficient (Wildman–Crippen LogP) is 14.0. The highest BCUT2D eigenvalue weighted by Gasteiger charge is 2.61. The Morgan fingerprint density at radius 3 is 1.77 bits per heavy atom. The fourth-order valence-electron chi connectivity index (χ4n) is 11.5. The van der Waals surface area contributed by atoms with Crippen molar-refractivity contribution in [3.05, 3.63) is 174 Å². The molecule has 0 amide bonds. The monoisotopic (exact) mass is 689 g/mol. The molecule has 7 aromatic rings. The van der Waals surface area contributed by atoms with Gasteiger partial charge in [-0.2, -0.15) is 0 Å². The van der Waals surface area contributed by atoms with Crippen molar-refractivity contribution < 1.29 is 0 Å². The Labute approximate surface area is 311 Å².